The van der Waals surface area contributed by atoms with Crippen molar-refractivity contribution in [3.05, 3.63) is 17.0 Å². The largest absolute Gasteiger partial charge is 0.396 e. The Kier molecular flexibility index (Phi) is 5.83. The summed E-state index contributed by atoms with van der Waals surface area (Å²) in [5, 5.41) is 15.5. The fraction of sp³-hybridized carbons (Fsp3) is 0.714. The molecule has 0 fully saturated rings. The molecule has 1 rings (SSSR count). The number of carbonyl (C=O) groups is 1. The van der Waals surface area contributed by atoms with Crippen LogP contribution in [-0.4, -0.2) is 33.9 Å². The monoisotopic (exact) mass is 303 g/mol. The molecular formula is C14H23F2N3O2. The molecule has 0 saturated carbocycles. The predicted octanol–water partition coefficient (Wildman–Crippen LogP) is 1.96. The number of aryl methyl sites for hydroxylation is 1. The molecule has 120 valence electrons. The van der Waals surface area contributed by atoms with Crippen molar-refractivity contribution in [3.63, 3.8) is 0 Å². The molecule has 0 radical (unpaired) electrons. The van der Waals surface area contributed by atoms with Crippen LogP contribution in [0.4, 0.5) is 8.78 Å². The van der Waals surface area contributed by atoms with E-state index in [4.69, 9.17) is 5.11 Å². The van der Waals surface area contributed by atoms with Gasteiger partial charge in [-0.15, -0.1) is 0 Å². The summed E-state index contributed by atoms with van der Waals surface area (Å²) in [6.07, 6.45) is 0.605. The SMILES string of the molecule is Cc1nn(C(F)F)c(C)c1CC(=O)NCC(C)(C)CCO. The molecule has 7 heteroatoms. The van der Waals surface area contributed by atoms with E-state index in [1.54, 1.807) is 6.92 Å². The van der Waals surface area contributed by atoms with Gasteiger partial charge in [0.1, 0.15) is 0 Å². The van der Waals surface area contributed by atoms with E-state index in [9.17, 15) is 13.6 Å². The topological polar surface area (TPSA) is 67.2 Å². The molecule has 0 aliphatic carbocycles. The molecule has 21 heavy (non-hydrogen) atoms. The summed E-state index contributed by atoms with van der Waals surface area (Å²) < 4.78 is 26.1. The molecule has 0 unspecified atom stereocenters. The minimum absolute atomic E-state index is 0.0274. The Morgan fingerprint density at radius 1 is 1.43 bits per heavy atom. The van der Waals surface area contributed by atoms with Crippen LogP contribution in [0, 0.1) is 19.3 Å². The number of hydrogen-bond acceptors (Lipinski definition) is 3. The number of carbonyl (C=O) groups excluding carboxylic acids is 1. The van der Waals surface area contributed by atoms with Crippen LogP contribution in [0.1, 0.15) is 43.8 Å². The van der Waals surface area contributed by atoms with Crippen LogP contribution in [0.5, 0.6) is 0 Å². The molecular weight excluding hydrogens is 280 g/mol. The molecule has 1 aromatic rings. The fourth-order valence-corrected chi connectivity index (χ4v) is 2.09. The number of aromatic nitrogens is 2. The molecule has 1 aromatic heterocycles. The zero-order valence-corrected chi connectivity index (χ0v) is 12.9. The van der Waals surface area contributed by atoms with E-state index in [0.29, 0.717) is 34.6 Å². The molecule has 0 saturated heterocycles. The van der Waals surface area contributed by atoms with Crippen LogP contribution in [-0.2, 0) is 11.2 Å². The molecule has 0 atom stereocenters. The Morgan fingerprint density at radius 2 is 2.05 bits per heavy atom. The number of amides is 1. The van der Waals surface area contributed by atoms with Gasteiger partial charge in [0.25, 0.3) is 0 Å². The van der Waals surface area contributed by atoms with Crippen LogP contribution in [0.2, 0.25) is 0 Å². The average molecular weight is 303 g/mol. The molecule has 0 aliphatic rings. The fourth-order valence-electron chi connectivity index (χ4n) is 2.09. The summed E-state index contributed by atoms with van der Waals surface area (Å²) >= 11 is 0. The van der Waals surface area contributed by atoms with Crippen molar-refractivity contribution in [2.24, 2.45) is 5.41 Å². The van der Waals surface area contributed by atoms with E-state index in [-0.39, 0.29) is 24.3 Å². The van der Waals surface area contributed by atoms with Gasteiger partial charge in [0, 0.05) is 24.4 Å². The maximum atomic E-state index is 12.7. The van der Waals surface area contributed by atoms with E-state index >= 15 is 0 Å². The van der Waals surface area contributed by atoms with E-state index < -0.39 is 6.55 Å². The van der Waals surface area contributed by atoms with E-state index in [2.05, 4.69) is 10.4 Å². The summed E-state index contributed by atoms with van der Waals surface area (Å²) in [6, 6.07) is 0. The molecule has 2 N–H and O–H groups in total. The van der Waals surface area contributed by atoms with Gasteiger partial charge in [-0.2, -0.15) is 13.9 Å². The van der Waals surface area contributed by atoms with Crippen molar-refractivity contribution in [3.8, 4) is 0 Å². The second-order valence-corrected chi connectivity index (χ2v) is 5.96. The Bertz CT molecular complexity index is 499. The lowest BCUT2D eigenvalue weighted by atomic mass is 9.89. The van der Waals surface area contributed by atoms with Crippen LogP contribution in [0.3, 0.4) is 0 Å². The number of aliphatic hydroxyl groups excluding tert-OH is 1. The van der Waals surface area contributed by atoms with Gasteiger partial charge in [-0.25, -0.2) is 4.68 Å². The molecule has 1 amide bonds. The van der Waals surface area contributed by atoms with Crippen LogP contribution < -0.4 is 5.32 Å². The van der Waals surface area contributed by atoms with Crippen molar-refractivity contribution in [2.45, 2.75) is 47.1 Å². The quantitative estimate of drug-likeness (QED) is 0.809. The molecule has 0 spiro atoms. The van der Waals surface area contributed by atoms with Gasteiger partial charge in [0.05, 0.1) is 12.1 Å². The molecule has 0 aromatic carbocycles. The highest BCUT2D eigenvalue weighted by Crippen LogP contribution is 2.20. The van der Waals surface area contributed by atoms with E-state index in [1.165, 1.54) is 6.92 Å². The average Bonchev–Trinajstić information content (AvgIpc) is 2.64. The smallest absolute Gasteiger partial charge is 0.333 e. The van der Waals surface area contributed by atoms with Gasteiger partial charge in [-0.1, -0.05) is 13.8 Å². The van der Waals surface area contributed by atoms with Crippen molar-refractivity contribution >= 4 is 5.91 Å². The molecule has 0 aliphatic heterocycles. The summed E-state index contributed by atoms with van der Waals surface area (Å²) in [5.41, 5.74) is 1.08. The summed E-state index contributed by atoms with van der Waals surface area (Å²) in [4.78, 5) is 11.9. The Morgan fingerprint density at radius 3 is 2.52 bits per heavy atom. The van der Waals surface area contributed by atoms with Gasteiger partial charge < -0.3 is 10.4 Å². The number of alkyl halides is 2. The van der Waals surface area contributed by atoms with Crippen molar-refractivity contribution in [1.29, 1.82) is 0 Å². The van der Waals surface area contributed by atoms with E-state index in [0.717, 1.165) is 0 Å². The first kappa shape index (κ1) is 17.6. The summed E-state index contributed by atoms with van der Waals surface area (Å²) in [6.45, 7) is 4.80. The first-order valence-electron chi connectivity index (χ1n) is 6.88. The van der Waals surface area contributed by atoms with Gasteiger partial charge >= 0.3 is 6.55 Å². The highest BCUT2D eigenvalue weighted by atomic mass is 19.3. The number of aliphatic hydroxyl groups is 1. The zero-order chi connectivity index (χ0) is 16.2. The first-order chi connectivity index (χ1) is 9.68. The molecule has 1 heterocycles. The first-order valence-corrected chi connectivity index (χ1v) is 6.88. The number of nitrogens with zero attached hydrogens (tertiary/aromatic N) is 2. The molecule has 0 bridgehead atoms. The third-order valence-electron chi connectivity index (χ3n) is 3.55. The normalized spacial score (nSPS) is 12.0. The summed E-state index contributed by atoms with van der Waals surface area (Å²) in [7, 11) is 0. The highest BCUT2D eigenvalue weighted by Gasteiger charge is 2.21. The van der Waals surface area contributed by atoms with Crippen LogP contribution in [0.15, 0.2) is 0 Å². The number of nitrogens with one attached hydrogen (secondary N) is 1. The van der Waals surface area contributed by atoms with Gasteiger partial charge in [0.2, 0.25) is 5.91 Å². The summed E-state index contributed by atoms with van der Waals surface area (Å²) in [5.74, 6) is -0.235. The second kappa shape index (κ2) is 6.98. The van der Waals surface area contributed by atoms with Crippen molar-refractivity contribution < 1.29 is 18.7 Å². The zero-order valence-electron chi connectivity index (χ0n) is 12.9. The van der Waals surface area contributed by atoms with Crippen molar-refractivity contribution in [1.82, 2.24) is 15.1 Å². The Hall–Kier alpha value is -1.50. The lowest BCUT2D eigenvalue weighted by molar-refractivity contribution is -0.121. The predicted molar refractivity (Wildman–Crippen MR) is 75.2 cm³/mol. The third kappa shape index (κ3) is 4.77. The van der Waals surface area contributed by atoms with Crippen LogP contribution in [0.25, 0.3) is 0 Å². The van der Waals surface area contributed by atoms with Crippen molar-refractivity contribution in [2.75, 3.05) is 13.2 Å². The van der Waals surface area contributed by atoms with E-state index in [1.807, 2.05) is 13.8 Å². The lowest BCUT2D eigenvalue weighted by Crippen LogP contribution is -2.35. The number of halogens is 2. The number of rotatable bonds is 7. The highest BCUT2D eigenvalue weighted by molar-refractivity contribution is 5.79. The minimum atomic E-state index is -2.70. The standard InChI is InChI=1S/C14H23F2N3O2/c1-9-11(10(2)19(18-9)13(15)16)7-12(21)17-8-14(3,4)5-6-20/h13,20H,5-8H2,1-4H3,(H,17,21). The van der Waals surface area contributed by atoms with Crippen LogP contribution >= 0.6 is 0 Å². The van der Waals surface area contributed by atoms with Gasteiger partial charge in [-0.05, 0) is 25.7 Å². The lowest BCUT2D eigenvalue weighted by Gasteiger charge is -2.23. The minimum Gasteiger partial charge on any atom is -0.396 e. The van der Waals surface area contributed by atoms with Gasteiger partial charge in [-0.3, -0.25) is 4.79 Å². The Labute approximate surface area is 123 Å². The Balaban J connectivity index is 2.68. The molecule has 5 nitrogen and oxygen atoms in total. The van der Waals surface area contributed by atoms with Gasteiger partial charge in [0.15, 0.2) is 0 Å². The second-order valence-electron chi connectivity index (χ2n) is 5.96. The number of hydrogen-bond donors (Lipinski definition) is 2. The maximum absolute atomic E-state index is 12.7. The maximum Gasteiger partial charge on any atom is 0.333 e. The third-order valence-corrected chi connectivity index (χ3v) is 3.55.